The molecule has 0 aromatic heterocycles. The van der Waals surface area contributed by atoms with Crippen LogP contribution in [0.5, 0.6) is 5.75 Å². The van der Waals surface area contributed by atoms with Crippen molar-refractivity contribution in [3.05, 3.63) is 101 Å². The molecule has 0 aliphatic heterocycles. The maximum Gasteiger partial charge on any atom is 0.303 e. The first-order valence-electron chi connectivity index (χ1n) is 12.5. The molecule has 4 aromatic rings. The Balaban J connectivity index is 0.00000380. The lowest BCUT2D eigenvalue weighted by Gasteiger charge is -2.13. The standard InChI is InChI=1S/C31H32FNO3.ClH/c1-2-36-27-8-5-6-22(19-27)14-16-33-17-15-23-18-24-7-3-4-9-28(24)29(20-23)25-10-12-30(32)26(21-25)11-13-31(34)35;/h3-10,12,18-21,33H,2,11,13-17H2,1H3,(H,34,35);1H. The Labute approximate surface area is 223 Å². The Hall–Kier alpha value is -3.41. The van der Waals surface area contributed by atoms with Crippen molar-refractivity contribution in [1.29, 1.82) is 0 Å². The molecule has 2 N–H and O–H groups in total. The van der Waals surface area contributed by atoms with Crippen LogP contribution in [0.3, 0.4) is 0 Å². The van der Waals surface area contributed by atoms with E-state index in [9.17, 15) is 9.18 Å². The summed E-state index contributed by atoms with van der Waals surface area (Å²) >= 11 is 0. The van der Waals surface area contributed by atoms with Gasteiger partial charge in [0.25, 0.3) is 0 Å². The average molecular weight is 522 g/mol. The number of carboxylic acid groups (broad SMARTS) is 1. The van der Waals surface area contributed by atoms with Gasteiger partial charge in [0.2, 0.25) is 0 Å². The zero-order chi connectivity index (χ0) is 25.3. The topological polar surface area (TPSA) is 58.6 Å². The second kappa shape index (κ2) is 13.8. The Morgan fingerprint density at radius 1 is 0.892 bits per heavy atom. The number of hydrogen-bond acceptors (Lipinski definition) is 3. The molecule has 4 nitrogen and oxygen atoms in total. The van der Waals surface area contributed by atoms with E-state index in [0.717, 1.165) is 53.6 Å². The lowest BCUT2D eigenvalue weighted by atomic mass is 9.93. The van der Waals surface area contributed by atoms with Crippen LogP contribution in [0.15, 0.2) is 78.9 Å². The summed E-state index contributed by atoms with van der Waals surface area (Å²) in [5, 5.41) is 14.8. The van der Waals surface area contributed by atoms with Gasteiger partial charge in [-0.05, 0) is 102 Å². The van der Waals surface area contributed by atoms with Crippen LogP contribution in [0.2, 0.25) is 0 Å². The number of halogens is 2. The number of benzene rings is 4. The van der Waals surface area contributed by atoms with E-state index in [-0.39, 0.29) is 31.1 Å². The molecule has 4 aromatic carbocycles. The number of carboxylic acids is 1. The van der Waals surface area contributed by atoms with E-state index in [1.807, 2.05) is 31.2 Å². The summed E-state index contributed by atoms with van der Waals surface area (Å²) in [5.74, 6) is -0.385. The Morgan fingerprint density at radius 2 is 1.68 bits per heavy atom. The second-order valence-corrected chi connectivity index (χ2v) is 8.89. The van der Waals surface area contributed by atoms with Gasteiger partial charge in [-0.25, -0.2) is 4.39 Å². The van der Waals surface area contributed by atoms with Gasteiger partial charge in [-0.3, -0.25) is 4.79 Å². The first kappa shape index (κ1) is 28.2. The molecule has 0 aliphatic carbocycles. The van der Waals surface area contributed by atoms with Gasteiger partial charge < -0.3 is 15.2 Å². The molecule has 0 heterocycles. The third-order valence-corrected chi connectivity index (χ3v) is 6.28. The zero-order valence-corrected chi connectivity index (χ0v) is 21.8. The van der Waals surface area contributed by atoms with E-state index < -0.39 is 5.97 Å². The van der Waals surface area contributed by atoms with Crippen LogP contribution in [-0.2, 0) is 24.1 Å². The quantitative estimate of drug-likeness (QED) is 0.200. The number of fused-ring (bicyclic) bond motifs is 1. The third-order valence-electron chi connectivity index (χ3n) is 6.28. The molecule has 4 rings (SSSR count). The lowest BCUT2D eigenvalue weighted by molar-refractivity contribution is -0.136. The molecular formula is C31H33ClFNO3. The first-order valence-corrected chi connectivity index (χ1v) is 12.5. The van der Waals surface area contributed by atoms with Crippen LogP contribution in [0, 0.1) is 5.82 Å². The molecule has 0 spiro atoms. The minimum atomic E-state index is -0.929. The summed E-state index contributed by atoms with van der Waals surface area (Å²) in [4.78, 5) is 11.0. The molecular weight excluding hydrogens is 489 g/mol. The van der Waals surface area contributed by atoms with Crippen molar-refractivity contribution in [1.82, 2.24) is 5.32 Å². The molecule has 0 bridgehead atoms. The number of hydrogen-bond donors (Lipinski definition) is 2. The Kier molecular flexibility index (Phi) is 10.5. The Morgan fingerprint density at radius 3 is 2.46 bits per heavy atom. The summed E-state index contributed by atoms with van der Waals surface area (Å²) in [6.45, 7) is 4.37. The number of rotatable bonds is 12. The summed E-state index contributed by atoms with van der Waals surface area (Å²) < 4.78 is 19.9. The molecule has 0 aliphatic rings. The highest BCUT2D eigenvalue weighted by atomic mass is 35.5. The summed E-state index contributed by atoms with van der Waals surface area (Å²) in [7, 11) is 0. The van der Waals surface area contributed by atoms with E-state index in [0.29, 0.717) is 12.2 Å². The fourth-order valence-corrected chi connectivity index (χ4v) is 4.48. The summed E-state index contributed by atoms with van der Waals surface area (Å²) in [5.41, 5.74) is 4.81. The van der Waals surface area contributed by atoms with E-state index in [2.05, 4.69) is 41.7 Å². The molecule has 0 fully saturated rings. The molecule has 0 amide bonds. The van der Waals surface area contributed by atoms with Crippen molar-refractivity contribution in [2.24, 2.45) is 0 Å². The van der Waals surface area contributed by atoms with Crippen LogP contribution in [0.1, 0.15) is 30.0 Å². The van der Waals surface area contributed by atoms with E-state index in [4.69, 9.17) is 9.84 Å². The molecule has 37 heavy (non-hydrogen) atoms. The molecule has 6 heteroatoms. The Bertz CT molecular complexity index is 1340. The number of carbonyl (C=O) groups is 1. The number of aryl methyl sites for hydroxylation is 1. The predicted molar refractivity (Wildman–Crippen MR) is 150 cm³/mol. The second-order valence-electron chi connectivity index (χ2n) is 8.89. The van der Waals surface area contributed by atoms with Crippen molar-refractivity contribution in [3.63, 3.8) is 0 Å². The number of aliphatic carboxylic acids is 1. The van der Waals surface area contributed by atoms with Crippen LogP contribution >= 0.6 is 12.4 Å². The average Bonchev–Trinajstić information content (AvgIpc) is 2.88. The lowest BCUT2D eigenvalue weighted by Crippen LogP contribution is -2.20. The smallest absolute Gasteiger partial charge is 0.303 e. The molecule has 0 unspecified atom stereocenters. The van der Waals surface area contributed by atoms with Gasteiger partial charge >= 0.3 is 5.97 Å². The first-order chi connectivity index (χ1) is 17.5. The maximum atomic E-state index is 14.3. The monoisotopic (exact) mass is 521 g/mol. The van der Waals surface area contributed by atoms with Crippen LogP contribution in [0.4, 0.5) is 4.39 Å². The molecule has 194 valence electrons. The van der Waals surface area contributed by atoms with E-state index >= 15 is 0 Å². The summed E-state index contributed by atoms with van der Waals surface area (Å²) in [6, 6.07) is 25.8. The fraction of sp³-hybridized carbons (Fsp3) is 0.258. The zero-order valence-electron chi connectivity index (χ0n) is 21.0. The highest BCUT2D eigenvalue weighted by Gasteiger charge is 2.11. The highest BCUT2D eigenvalue weighted by Crippen LogP contribution is 2.32. The van der Waals surface area contributed by atoms with Crippen molar-refractivity contribution >= 4 is 29.1 Å². The van der Waals surface area contributed by atoms with Crippen LogP contribution < -0.4 is 10.1 Å². The maximum absolute atomic E-state index is 14.3. The van der Waals surface area contributed by atoms with Crippen LogP contribution in [0.25, 0.3) is 21.9 Å². The highest BCUT2D eigenvalue weighted by molar-refractivity contribution is 5.97. The van der Waals surface area contributed by atoms with Gasteiger partial charge in [-0.2, -0.15) is 0 Å². The SMILES string of the molecule is CCOc1cccc(CCNCCc2cc(-c3ccc(F)c(CCC(=O)O)c3)c3ccccc3c2)c1.Cl. The van der Waals surface area contributed by atoms with Crippen molar-refractivity contribution in [2.75, 3.05) is 19.7 Å². The minimum Gasteiger partial charge on any atom is -0.494 e. The van der Waals surface area contributed by atoms with Crippen molar-refractivity contribution < 1.29 is 19.0 Å². The largest absolute Gasteiger partial charge is 0.494 e. The van der Waals surface area contributed by atoms with E-state index in [1.165, 1.54) is 17.2 Å². The van der Waals surface area contributed by atoms with Gasteiger partial charge in [-0.15, -0.1) is 12.4 Å². The van der Waals surface area contributed by atoms with Gasteiger partial charge in [-0.1, -0.05) is 54.6 Å². The molecule has 0 radical (unpaired) electrons. The third kappa shape index (κ3) is 7.78. The van der Waals surface area contributed by atoms with Crippen molar-refractivity contribution in [3.8, 4) is 16.9 Å². The number of nitrogens with one attached hydrogen (secondary N) is 1. The van der Waals surface area contributed by atoms with Crippen LogP contribution in [-0.4, -0.2) is 30.8 Å². The van der Waals surface area contributed by atoms with Crippen molar-refractivity contribution in [2.45, 2.75) is 32.6 Å². The normalized spacial score (nSPS) is 10.8. The molecule has 0 saturated carbocycles. The minimum absolute atomic E-state index is 0. The summed E-state index contributed by atoms with van der Waals surface area (Å²) in [6.07, 6.45) is 1.87. The van der Waals surface area contributed by atoms with Gasteiger partial charge in [0.1, 0.15) is 11.6 Å². The fourth-order valence-electron chi connectivity index (χ4n) is 4.48. The van der Waals surface area contributed by atoms with Gasteiger partial charge in [0.05, 0.1) is 6.61 Å². The molecule has 0 saturated heterocycles. The van der Waals surface area contributed by atoms with E-state index in [1.54, 1.807) is 12.1 Å². The van der Waals surface area contributed by atoms with Gasteiger partial charge in [0.15, 0.2) is 0 Å². The molecule has 0 atom stereocenters. The number of ether oxygens (including phenoxy) is 1. The predicted octanol–water partition coefficient (Wildman–Crippen LogP) is 6.86. The van der Waals surface area contributed by atoms with Gasteiger partial charge in [0, 0.05) is 6.42 Å².